The van der Waals surface area contributed by atoms with Gasteiger partial charge in [-0.25, -0.2) is 0 Å². The van der Waals surface area contributed by atoms with Gasteiger partial charge in [0.2, 0.25) is 0 Å². The highest BCUT2D eigenvalue weighted by Crippen LogP contribution is 2.25. The van der Waals surface area contributed by atoms with Crippen LogP contribution in [0.3, 0.4) is 0 Å². The molecular weight excluding hydrogens is 250 g/mol. The predicted octanol–water partition coefficient (Wildman–Crippen LogP) is 2.95. The Kier molecular flexibility index (Phi) is 4.15. The lowest BCUT2D eigenvalue weighted by atomic mass is 10.1. The summed E-state index contributed by atoms with van der Waals surface area (Å²) in [4.78, 5) is 0. The summed E-state index contributed by atoms with van der Waals surface area (Å²) >= 11 is 3.28. The predicted molar refractivity (Wildman–Crippen MR) is 73.5 cm³/mol. The zero-order valence-electron chi connectivity index (χ0n) is 9.88. The molecule has 0 aliphatic carbocycles. The van der Waals surface area contributed by atoms with Crippen LogP contribution in [-0.2, 0) is 0 Å². The van der Waals surface area contributed by atoms with Crippen molar-refractivity contribution in [2.75, 3.05) is 5.75 Å². The molecule has 0 amide bonds. The standard InChI is InChI=1S/C12H15N3S2/c1-8-3-5-10(6-4-8)11(13)7-16-12-15-14-9(2)17-12/h3-6,11H,7,13H2,1-2H3. The average Bonchev–Trinajstić information content (AvgIpc) is 2.73. The van der Waals surface area contributed by atoms with Gasteiger partial charge in [-0.05, 0) is 19.4 Å². The molecule has 0 radical (unpaired) electrons. The Labute approximate surface area is 109 Å². The number of nitrogens with zero attached hydrogens (tertiary/aromatic N) is 2. The van der Waals surface area contributed by atoms with Crippen LogP contribution in [0.25, 0.3) is 0 Å². The van der Waals surface area contributed by atoms with E-state index in [2.05, 4.69) is 41.4 Å². The molecule has 2 rings (SSSR count). The maximum absolute atomic E-state index is 6.14. The van der Waals surface area contributed by atoms with E-state index in [1.807, 2.05) is 6.92 Å². The van der Waals surface area contributed by atoms with Gasteiger partial charge in [-0.2, -0.15) is 0 Å². The fourth-order valence-electron chi connectivity index (χ4n) is 1.41. The Bertz CT molecular complexity index is 479. The Morgan fingerprint density at radius 2 is 1.94 bits per heavy atom. The van der Waals surface area contributed by atoms with Crippen LogP contribution in [0.15, 0.2) is 28.6 Å². The lowest BCUT2D eigenvalue weighted by molar-refractivity contribution is 0.829. The topological polar surface area (TPSA) is 51.8 Å². The lowest BCUT2D eigenvalue weighted by Crippen LogP contribution is -2.12. The fourth-order valence-corrected chi connectivity index (χ4v) is 3.24. The second-order valence-corrected chi connectivity index (χ2v) is 6.36. The molecule has 1 aromatic heterocycles. The van der Waals surface area contributed by atoms with Crippen LogP contribution in [-0.4, -0.2) is 16.0 Å². The van der Waals surface area contributed by atoms with E-state index >= 15 is 0 Å². The molecule has 0 bridgehead atoms. The maximum atomic E-state index is 6.14. The van der Waals surface area contributed by atoms with Crippen molar-refractivity contribution in [3.05, 3.63) is 40.4 Å². The summed E-state index contributed by atoms with van der Waals surface area (Å²) in [5, 5.41) is 9.05. The number of thioether (sulfide) groups is 1. The molecule has 2 aromatic rings. The summed E-state index contributed by atoms with van der Waals surface area (Å²) < 4.78 is 0.991. The minimum absolute atomic E-state index is 0.0461. The van der Waals surface area contributed by atoms with Crippen LogP contribution in [0, 0.1) is 13.8 Å². The number of benzene rings is 1. The molecule has 1 heterocycles. The van der Waals surface area contributed by atoms with E-state index in [0.29, 0.717) is 0 Å². The van der Waals surface area contributed by atoms with Crippen LogP contribution in [0.5, 0.6) is 0 Å². The van der Waals surface area contributed by atoms with Crippen molar-refractivity contribution in [3.8, 4) is 0 Å². The van der Waals surface area contributed by atoms with Crippen LogP contribution in [0.4, 0.5) is 0 Å². The second-order valence-electron chi connectivity index (χ2n) is 3.92. The van der Waals surface area contributed by atoms with Gasteiger partial charge in [0.15, 0.2) is 4.34 Å². The number of hydrogen-bond acceptors (Lipinski definition) is 5. The van der Waals surface area contributed by atoms with E-state index in [-0.39, 0.29) is 6.04 Å². The molecule has 0 aliphatic heterocycles. The Morgan fingerprint density at radius 1 is 1.24 bits per heavy atom. The highest BCUT2D eigenvalue weighted by Gasteiger charge is 2.08. The van der Waals surface area contributed by atoms with Gasteiger partial charge in [0, 0.05) is 11.8 Å². The van der Waals surface area contributed by atoms with E-state index in [0.717, 1.165) is 15.1 Å². The van der Waals surface area contributed by atoms with E-state index in [1.54, 1.807) is 23.1 Å². The number of aromatic nitrogens is 2. The second kappa shape index (κ2) is 5.62. The first kappa shape index (κ1) is 12.5. The summed E-state index contributed by atoms with van der Waals surface area (Å²) in [6.45, 7) is 4.04. The van der Waals surface area contributed by atoms with Gasteiger partial charge in [-0.1, -0.05) is 52.9 Å². The van der Waals surface area contributed by atoms with Crippen LogP contribution in [0.2, 0.25) is 0 Å². The molecule has 0 fully saturated rings. The van der Waals surface area contributed by atoms with E-state index in [1.165, 1.54) is 11.1 Å². The summed E-state index contributed by atoms with van der Waals surface area (Å²) in [6, 6.07) is 8.41. The first-order valence-electron chi connectivity index (χ1n) is 5.40. The molecule has 2 N–H and O–H groups in total. The quantitative estimate of drug-likeness (QED) is 0.864. The zero-order valence-corrected chi connectivity index (χ0v) is 11.5. The molecule has 1 atom stereocenters. The van der Waals surface area contributed by atoms with E-state index in [4.69, 9.17) is 5.73 Å². The first-order valence-corrected chi connectivity index (χ1v) is 7.20. The van der Waals surface area contributed by atoms with Gasteiger partial charge in [-0.15, -0.1) is 10.2 Å². The van der Waals surface area contributed by atoms with Crippen LogP contribution in [0.1, 0.15) is 22.2 Å². The van der Waals surface area contributed by atoms with Crippen molar-refractivity contribution in [2.45, 2.75) is 24.2 Å². The Hall–Kier alpha value is -0.910. The van der Waals surface area contributed by atoms with Crippen molar-refractivity contribution in [3.63, 3.8) is 0 Å². The van der Waals surface area contributed by atoms with Crippen molar-refractivity contribution in [1.29, 1.82) is 0 Å². The molecule has 0 spiro atoms. The van der Waals surface area contributed by atoms with Gasteiger partial charge in [-0.3, -0.25) is 0 Å². The molecule has 17 heavy (non-hydrogen) atoms. The number of nitrogens with two attached hydrogens (primary N) is 1. The lowest BCUT2D eigenvalue weighted by Gasteiger charge is -2.10. The molecule has 1 aromatic carbocycles. The Balaban J connectivity index is 1.93. The highest BCUT2D eigenvalue weighted by molar-refractivity contribution is 8.01. The van der Waals surface area contributed by atoms with Gasteiger partial charge in [0.1, 0.15) is 5.01 Å². The van der Waals surface area contributed by atoms with Crippen LogP contribution < -0.4 is 5.73 Å². The number of aryl methyl sites for hydroxylation is 2. The van der Waals surface area contributed by atoms with E-state index < -0.39 is 0 Å². The van der Waals surface area contributed by atoms with Gasteiger partial charge >= 0.3 is 0 Å². The SMILES string of the molecule is Cc1ccc(C(N)CSc2nnc(C)s2)cc1. The van der Waals surface area contributed by atoms with Crippen molar-refractivity contribution < 1.29 is 0 Å². The third-order valence-corrected chi connectivity index (χ3v) is 4.49. The van der Waals surface area contributed by atoms with Gasteiger partial charge < -0.3 is 5.73 Å². The van der Waals surface area contributed by atoms with E-state index in [9.17, 15) is 0 Å². The molecular formula is C12H15N3S2. The van der Waals surface area contributed by atoms with Crippen molar-refractivity contribution in [1.82, 2.24) is 10.2 Å². The maximum Gasteiger partial charge on any atom is 0.174 e. The largest absolute Gasteiger partial charge is 0.323 e. The Morgan fingerprint density at radius 3 is 2.53 bits per heavy atom. The van der Waals surface area contributed by atoms with Crippen LogP contribution >= 0.6 is 23.1 Å². The molecule has 90 valence electrons. The highest BCUT2D eigenvalue weighted by atomic mass is 32.2. The molecule has 1 unspecified atom stereocenters. The monoisotopic (exact) mass is 265 g/mol. The molecule has 0 saturated heterocycles. The normalized spacial score (nSPS) is 12.6. The smallest absolute Gasteiger partial charge is 0.174 e. The summed E-state index contributed by atoms with van der Waals surface area (Å²) in [7, 11) is 0. The first-order chi connectivity index (χ1) is 8.15. The van der Waals surface area contributed by atoms with Crippen molar-refractivity contribution in [2.24, 2.45) is 5.73 Å². The zero-order chi connectivity index (χ0) is 12.3. The minimum atomic E-state index is 0.0461. The number of hydrogen-bond donors (Lipinski definition) is 1. The molecule has 5 heteroatoms. The third kappa shape index (κ3) is 3.52. The number of rotatable bonds is 4. The molecule has 0 aliphatic rings. The fraction of sp³-hybridized carbons (Fsp3) is 0.333. The summed E-state index contributed by atoms with van der Waals surface area (Å²) in [5.41, 5.74) is 8.56. The molecule has 3 nitrogen and oxygen atoms in total. The average molecular weight is 265 g/mol. The summed E-state index contributed by atoms with van der Waals surface area (Å²) in [5.74, 6) is 0.831. The third-order valence-electron chi connectivity index (χ3n) is 2.40. The van der Waals surface area contributed by atoms with Gasteiger partial charge in [0.25, 0.3) is 0 Å². The molecule has 0 saturated carbocycles. The minimum Gasteiger partial charge on any atom is -0.323 e. The summed E-state index contributed by atoms with van der Waals surface area (Å²) in [6.07, 6.45) is 0. The van der Waals surface area contributed by atoms with Crippen molar-refractivity contribution >= 4 is 23.1 Å². The van der Waals surface area contributed by atoms with Gasteiger partial charge in [0.05, 0.1) is 0 Å².